The summed E-state index contributed by atoms with van der Waals surface area (Å²) < 4.78 is 0. The monoisotopic (exact) mass is 194 g/mol. The van der Waals surface area contributed by atoms with Gasteiger partial charge in [-0.25, -0.2) is 0 Å². The van der Waals surface area contributed by atoms with Crippen LogP contribution in [0.3, 0.4) is 0 Å². The maximum Gasteiger partial charge on any atom is 0.251 e. The van der Waals surface area contributed by atoms with Crippen LogP contribution >= 0.6 is 12.2 Å². The lowest BCUT2D eigenvalue weighted by Crippen LogP contribution is -2.32. The predicted molar refractivity (Wildman–Crippen MR) is 55.6 cm³/mol. The highest BCUT2D eigenvalue weighted by molar-refractivity contribution is 7.80. The molecule has 0 aliphatic carbocycles. The second kappa shape index (κ2) is 4.57. The number of amides is 1. The van der Waals surface area contributed by atoms with E-state index < -0.39 is 0 Å². The molecule has 0 spiro atoms. The average molecular weight is 194 g/mol. The highest BCUT2D eigenvalue weighted by Crippen LogP contribution is 1.96. The van der Waals surface area contributed by atoms with E-state index in [0.29, 0.717) is 5.56 Å². The van der Waals surface area contributed by atoms with Crippen molar-refractivity contribution in [3.8, 4) is 0 Å². The van der Waals surface area contributed by atoms with Crippen LogP contribution in [-0.4, -0.2) is 17.4 Å². The van der Waals surface area contributed by atoms with E-state index >= 15 is 0 Å². The maximum atomic E-state index is 11.3. The van der Waals surface area contributed by atoms with Gasteiger partial charge in [0.2, 0.25) is 0 Å². The second-order valence-electron chi connectivity index (χ2n) is 2.52. The molecule has 1 aromatic rings. The minimum atomic E-state index is -0.159. The van der Waals surface area contributed by atoms with Crippen molar-refractivity contribution in [3.05, 3.63) is 35.9 Å². The van der Waals surface area contributed by atoms with Crippen molar-refractivity contribution < 1.29 is 4.79 Å². The van der Waals surface area contributed by atoms with Crippen molar-refractivity contribution in [2.24, 2.45) is 5.73 Å². The van der Waals surface area contributed by atoms with Gasteiger partial charge in [-0.15, -0.1) is 0 Å². The number of nitrogens with one attached hydrogen (secondary N) is 1. The van der Waals surface area contributed by atoms with E-state index in [9.17, 15) is 4.79 Å². The van der Waals surface area contributed by atoms with Gasteiger partial charge in [0, 0.05) is 5.56 Å². The molecular formula is C9H10N2OS. The summed E-state index contributed by atoms with van der Waals surface area (Å²) in [6.45, 7) is 0.239. The molecule has 4 heteroatoms. The molecule has 0 aliphatic heterocycles. The molecular weight excluding hydrogens is 184 g/mol. The standard InChI is InChI=1S/C9H10N2OS/c10-8(13)6-11-9(12)7-4-2-1-3-5-7/h1-5H,6H2,(H2,10,13)(H,11,12). The third kappa shape index (κ3) is 3.21. The van der Waals surface area contributed by atoms with E-state index in [1.807, 2.05) is 6.07 Å². The Morgan fingerprint density at radius 2 is 2.00 bits per heavy atom. The maximum absolute atomic E-state index is 11.3. The molecule has 0 saturated carbocycles. The van der Waals surface area contributed by atoms with Crippen LogP contribution in [-0.2, 0) is 0 Å². The number of carbonyl (C=O) groups excluding carboxylic acids is 1. The highest BCUT2D eigenvalue weighted by Gasteiger charge is 2.02. The van der Waals surface area contributed by atoms with Crippen LogP contribution < -0.4 is 11.1 Å². The van der Waals surface area contributed by atoms with Crippen molar-refractivity contribution in [1.29, 1.82) is 0 Å². The van der Waals surface area contributed by atoms with Crippen molar-refractivity contribution >= 4 is 23.1 Å². The first-order valence-electron chi connectivity index (χ1n) is 3.81. The molecule has 0 radical (unpaired) electrons. The lowest BCUT2D eigenvalue weighted by atomic mass is 10.2. The van der Waals surface area contributed by atoms with Crippen molar-refractivity contribution in [3.63, 3.8) is 0 Å². The first-order chi connectivity index (χ1) is 6.20. The number of hydrogen-bond donors (Lipinski definition) is 2. The van der Waals surface area contributed by atoms with E-state index in [1.165, 1.54) is 0 Å². The number of benzene rings is 1. The van der Waals surface area contributed by atoms with Crippen LogP contribution in [0.5, 0.6) is 0 Å². The zero-order valence-electron chi connectivity index (χ0n) is 6.99. The molecule has 0 saturated heterocycles. The van der Waals surface area contributed by atoms with Gasteiger partial charge in [0.1, 0.15) is 0 Å². The number of thiocarbonyl (C=S) groups is 1. The molecule has 0 bridgehead atoms. The molecule has 0 fully saturated rings. The van der Waals surface area contributed by atoms with Crippen molar-refractivity contribution in [2.75, 3.05) is 6.54 Å². The van der Waals surface area contributed by atoms with Gasteiger partial charge in [-0.3, -0.25) is 4.79 Å². The van der Waals surface area contributed by atoms with Gasteiger partial charge in [-0.2, -0.15) is 0 Å². The van der Waals surface area contributed by atoms with Gasteiger partial charge < -0.3 is 11.1 Å². The summed E-state index contributed by atoms with van der Waals surface area (Å²) in [5, 5.41) is 2.59. The Bertz CT molecular complexity index is 311. The Kier molecular flexibility index (Phi) is 3.40. The Morgan fingerprint density at radius 3 is 2.54 bits per heavy atom. The minimum absolute atomic E-state index is 0.159. The Hall–Kier alpha value is -1.42. The van der Waals surface area contributed by atoms with Gasteiger partial charge in [0.25, 0.3) is 5.91 Å². The van der Waals surface area contributed by atoms with Gasteiger partial charge in [-0.1, -0.05) is 30.4 Å². The van der Waals surface area contributed by atoms with Crippen molar-refractivity contribution in [2.45, 2.75) is 0 Å². The van der Waals surface area contributed by atoms with Crippen LogP contribution in [0.25, 0.3) is 0 Å². The first-order valence-corrected chi connectivity index (χ1v) is 4.22. The van der Waals surface area contributed by atoms with E-state index in [2.05, 4.69) is 17.5 Å². The molecule has 1 amide bonds. The van der Waals surface area contributed by atoms with Crippen molar-refractivity contribution in [1.82, 2.24) is 5.32 Å². The summed E-state index contributed by atoms with van der Waals surface area (Å²) in [4.78, 5) is 11.6. The molecule has 0 atom stereocenters. The molecule has 68 valence electrons. The van der Waals surface area contributed by atoms with Gasteiger partial charge in [0.05, 0.1) is 11.5 Å². The third-order valence-electron chi connectivity index (χ3n) is 1.46. The zero-order valence-corrected chi connectivity index (χ0v) is 7.80. The summed E-state index contributed by atoms with van der Waals surface area (Å²) in [6, 6.07) is 8.92. The van der Waals surface area contributed by atoms with Gasteiger partial charge in [-0.05, 0) is 12.1 Å². The molecule has 0 aromatic heterocycles. The Labute approximate surface area is 81.9 Å². The summed E-state index contributed by atoms with van der Waals surface area (Å²) in [5.41, 5.74) is 5.85. The molecule has 0 aliphatic rings. The Balaban J connectivity index is 2.54. The zero-order chi connectivity index (χ0) is 9.68. The van der Waals surface area contributed by atoms with Gasteiger partial charge in [0.15, 0.2) is 0 Å². The van der Waals surface area contributed by atoms with E-state index in [-0.39, 0.29) is 17.4 Å². The quantitative estimate of drug-likeness (QED) is 0.696. The fourth-order valence-electron chi connectivity index (χ4n) is 0.859. The number of rotatable bonds is 3. The first kappa shape index (κ1) is 9.67. The van der Waals surface area contributed by atoms with Crippen LogP contribution in [0.2, 0.25) is 0 Å². The largest absolute Gasteiger partial charge is 0.392 e. The van der Waals surface area contributed by atoms with E-state index in [4.69, 9.17) is 5.73 Å². The van der Waals surface area contributed by atoms with E-state index in [0.717, 1.165) is 0 Å². The predicted octanol–water partition coefficient (Wildman–Crippen LogP) is 0.703. The molecule has 3 nitrogen and oxygen atoms in total. The Morgan fingerprint density at radius 1 is 1.38 bits per heavy atom. The summed E-state index contributed by atoms with van der Waals surface area (Å²) >= 11 is 4.63. The fraction of sp³-hybridized carbons (Fsp3) is 0.111. The molecule has 3 N–H and O–H groups in total. The number of hydrogen-bond acceptors (Lipinski definition) is 2. The van der Waals surface area contributed by atoms with Crippen LogP contribution in [0.1, 0.15) is 10.4 Å². The SMILES string of the molecule is NC(=S)CNC(=O)c1ccccc1. The van der Waals surface area contributed by atoms with Crippen LogP contribution in [0.15, 0.2) is 30.3 Å². The highest BCUT2D eigenvalue weighted by atomic mass is 32.1. The molecule has 1 aromatic carbocycles. The lowest BCUT2D eigenvalue weighted by molar-refractivity contribution is 0.0959. The normalized spacial score (nSPS) is 9.23. The second-order valence-corrected chi connectivity index (χ2v) is 3.04. The van der Waals surface area contributed by atoms with Gasteiger partial charge >= 0.3 is 0 Å². The number of carbonyl (C=O) groups is 1. The summed E-state index contributed by atoms with van der Waals surface area (Å²) in [6.07, 6.45) is 0. The molecule has 1 rings (SSSR count). The molecule has 0 heterocycles. The fourth-order valence-corrected chi connectivity index (χ4v) is 0.931. The minimum Gasteiger partial charge on any atom is -0.392 e. The average Bonchev–Trinajstić information content (AvgIpc) is 2.15. The lowest BCUT2D eigenvalue weighted by Gasteiger charge is -2.02. The van der Waals surface area contributed by atoms with E-state index in [1.54, 1.807) is 24.3 Å². The van der Waals surface area contributed by atoms with Crippen LogP contribution in [0.4, 0.5) is 0 Å². The summed E-state index contributed by atoms with van der Waals surface area (Å²) in [5.74, 6) is -0.159. The third-order valence-corrected chi connectivity index (χ3v) is 1.60. The topological polar surface area (TPSA) is 55.1 Å². The molecule has 0 unspecified atom stereocenters. The number of nitrogens with two attached hydrogens (primary N) is 1. The molecule has 13 heavy (non-hydrogen) atoms. The smallest absolute Gasteiger partial charge is 0.251 e. The van der Waals surface area contributed by atoms with Crippen LogP contribution in [0, 0.1) is 0 Å². The summed E-state index contributed by atoms with van der Waals surface area (Å²) in [7, 11) is 0.